The van der Waals surface area contributed by atoms with Crippen LogP contribution in [0.15, 0.2) is 42.5 Å². The van der Waals surface area contributed by atoms with Crippen molar-refractivity contribution in [2.75, 3.05) is 37.9 Å². The zero-order valence-corrected chi connectivity index (χ0v) is 15.1. The number of rotatable bonds is 7. The molecule has 0 aliphatic carbocycles. The number of hydrogen-bond donors (Lipinski definition) is 2. The predicted octanol–water partition coefficient (Wildman–Crippen LogP) is 3.00. The van der Waals surface area contributed by atoms with Gasteiger partial charge in [0.2, 0.25) is 11.8 Å². The summed E-state index contributed by atoms with van der Waals surface area (Å²) in [5.41, 5.74) is 0.805. The average Bonchev–Trinajstić information content (AvgIpc) is 2.54. The summed E-state index contributed by atoms with van der Waals surface area (Å²) in [5.74, 6) is -0.641. The van der Waals surface area contributed by atoms with Gasteiger partial charge in [-0.2, -0.15) is 0 Å². The van der Waals surface area contributed by atoms with Gasteiger partial charge in [-0.3, -0.25) is 14.5 Å². The number of carbonyl (C=O) groups excluding carboxylic acids is 2. The molecule has 8 heteroatoms. The molecule has 0 aromatic heterocycles. The Balaban J connectivity index is 1.87. The Hall–Kier alpha value is -2.64. The van der Waals surface area contributed by atoms with Gasteiger partial charge < -0.3 is 15.4 Å². The smallest absolute Gasteiger partial charge is 0.238 e. The lowest BCUT2D eigenvalue weighted by Crippen LogP contribution is -2.36. The number of nitrogens with zero attached hydrogens (tertiary/aromatic N) is 1. The highest BCUT2D eigenvalue weighted by Gasteiger charge is 2.13. The zero-order valence-electron chi connectivity index (χ0n) is 14.4. The van der Waals surface area contributed by atoms with Gasteiger partial charge in [-0.05, 0) is 43.4 Å². The van der Waals surface area contributed by atoms with Crippen LogP contribution in [0.2, 0.25) is 5.02 Å². The third kappa shape index (κ3) is 6.02. The van der Waals surface area contributed by atoms with Crippen molar-refractivity contribution in [3.05, 3.63) is 53.3 Å². The molecule has 0 heterocycles. The van der Waals surface area contributed by atoms with Gasteiger partial charge in [0.05, 0.1) is 25.9 Å². The molecule has 0 spiro atoms. The second kappa shape index (κ2) is 9.17. The second-order valence-corrected chi connectivity index (χ2v) is 6.06. The highest BCUT2D eigenvalue weighted by Crippen LogP contribution is 2.27. The van der Waals surface area contributed by atoms with E-state index in [1.54, 1.807) is 31.3 Å². The molecule has 2 aromatic carbocycles. The van der Waals surface area contributed by atoms with E-state index in [2.05, 4.69) is 10.6 Å². The third-order valence-corrected chi connectivity index (χ3v) is 3.61. The molecule has 138 valence electrons. The fourth-order valence-corrected chi connectivity index (χ4v) is 2.45. The van der Waals surface area contributed by atoms with Crippen LogP contribution in [0.4, 0.5) is 15.8 Å². The minimum absolute atomic E-state index is 0.0216. The zero-order chi connectivity index (χ0) is 19.1. The molecule has 0 fully saturated rings. The maximum atomic E-state index is 13.1. The topological polar surface area (TPSA) is 70.7 Å². The normalized spacial score (nSPS) is 10.5. The van der Waals surface area contributed by atoms with Crippen molar-refractivity contribution >= 4 is 34.8 Å². The number of likely N-dealkylation sites (N-methyl/N-ethyl adjacent to an activating group) is 1. The van der Waals surface area contributed by atoms with Crippen molar-refractivity contribution in [2.45, 2.75) is 0 Å². The van der Waals surface area contributed by atoms with Crippen LogP contribution in [-0.4, -0.2) is 44.0 Å². The first-order valence-corrected chi connectivity index (χ1v) is 8.12. The van der Waals surface area contributed by atoms with E-state index in [1.807, 2.05) is 0 Å². The van der Waals surface area contributed by atoms with Crippen molar-refractivity contribution in [1.29, 1.82) is 0 Å². The van der Waals surface area contributed by atoms with Crippen LogP contribution in [0, 0.1) is 5.82 Å². The summed E-state index contributed by atoms with van der Waals surface area (Å²) < 4.78 is 18.3. The highest BCUT2D eigenvalue weighted by atomic mass is 35.5. The van der Waals surface area contributed by atoms with Crippen LogP contribution in [0.25, 0.3) is 0 Å². The minimum Gasteiger partial charge on any atom is -0.495 e. The van der Waals surface area contributed by atoms with E-state index in [0.717, 1.165) is 0 Å². The summed E-state index contributed by atoms with van der Waals surface area (Å²) in [6.45, 7) is -0.0527. The lowest BCUT2D eigenvalue weighted by molar-refractivity contribution is -0.119. The summed E-state index contributed by atoms with van der Waals surface area (Å²) in [5, 5.41) is 5.73. The van der Waals surface area contributed by atoms with Crippen molar-refractivity contribution in [2.24, 2.45) is 0 Å². The van der Waals surface area contributed by atoms with Gasteiger partial charge in [-0.25, -0.2) is 4.39 Å². The van der Waals surface area contributed by atoms with Crippen LogP contribution < -0.4 is 15.4 Å². The Morgan fingerprint density at radius 2 is 1.81 bits per heavy atom. The van der Waals surface area contributed by atoms with Crippen LogP contribution >= 0.6 is 11.6 Å². The van der Waals surface area contributed by atoms with E-state index in [9.17, 15) is 14.0 Å². The van der Waals surface area contributed by atoms with E-state index >= 15 is 0 Å². The largest absolute Gasteiger partial charge is 0.495 e. The molecule has 0 saturated carbocycles. The molecular formula is C18H19ClFN3O3. The predicted molar refractivity (Wildman–Crippen MR) is 99.2 cm³/mol. The van der Waals surface area contributed by atoms with Crippen LogP contribution in [0.3, 0.4) is 0 Å². The molecule has 26 heavy (non-hydrogen) atoms. The second-order valence-electron chi connectivity index (χ2n) is 5.62. The number of ether oxygens (including phenoxy) is 1. The van der Waals surface area contributed by atoms with E-state index in [0.29, 0.717) is 22.1 Å². The molecule has 0 saturated heterocycles. The maximum absolute atomic E-state index is 13.1. The van der Waals surface area contributed by atoms with Crippen molar-refractivity contribution in [3.63, 3.8) is 0 Å². The van der Waals surface area contributed by atoms with Gasteiger partial charge in [0.1, 0.15) is 11.6 Å². The third-order valence-electron chi connectivity index (χ3n) is 3.37. The molecule has 0 bridgehead atoms. The van der Waals surface area contributed by atoms with Crippen LogP contribution in [0.5, 0.6) is 5.75 Å². The molecule has 2 N–H and O–H groups in total. The Kier molecular flexibility index (Phi) is 6.94. The average molecular weight is 380 g/mol. The van der Waals surface area contributed by atoms with E-state index < -0.39 is 5.82 Å². The van der Waals surface area contributed by atoms with E-state index in [4.69, 9.17) is 16.3 Å². The molecule has 0 aliphatic heterocycles. The van der Waals surface area contributed by atoms with E-state index in [-0.39, 0.29) is 24.9 Å². The summed E-state index contributed by atoms with van der Waals surface area (Å²) in [6, 6.07) is 10.5. The van der Waals surface area contributed by atoms with Crippen molar-refractivity contribution < 1.29 is 18.7 Å². The number of halogens is 2. The van der Waals surface area contributed by atoms with Crippen molar-refractivity contribution in [1.82, 2.24) is 4.90 Å². The van der Waals surface area contributed by atoms with Gasteiger partial charge in [-0.15, -0.1) is 0 Å². The van der Waals surface area contributed by atoms with Crippen molar-refractivity contribution in [3.8, 4) is 5.75 Å². The first kappa shape index (κ1) is 19.7. The van der Waals surface area contributed by atoms with Gasteiger partial charge in [0.25, 0.3) is 0 Å². The molecule has 0 atom stereocenters. The lowest BCUT2D eigenvalue weighted by atomic mass is 10.3. The summed E-state index contributed by atoms with van der Waals surface area (Å²) in [6.07, 6.45) is 0. The summed E-state index contributed by atoms with van der Waals surface area (Å²) in [4.78, 5) is 25.7. The molecule has 0 radical (unpaired) electrons. The van der Waals surface area contributed by atoms with E-state index in [1.165, 1.54) is 30.2 Å². The van der Waals surface area contributed by atoms with Gasteiger partial charge >= 0.3 is 0 Å². The summed E-state index contributed by atoms with van der Waals surface area (Å²) in [7, 11) is 3.11. The molecule has 0 aliphatic rings. The molecule has 6 nitrogen and oxygen atoms in total. The number of anilines is 2. The van der Waals surface area contributed by atoms with Gasteiger partial charge in [0.15, 0.2) is 0 Å². The minimum atomic E-state index is -0.439. The summed E-state index contributed by atoms with van der Waals surface area (Å²) >= 11 is 5.92. The number of carbonyl (C=O) groups is 2. The highest BCUT2D eigenvalue weighted by molar-refractivity contribution is 6.31. The van der Waals surface area contributed by atoms with Gasteiger partial charge in [-0.1, -0.05) is 17.7 Å². The first-order chi connectivity index (χ1) is 12.4. The Morgan fingerprint density at radius 3 is 2.46 bits per heavy atom. The number of methoxy groups -OCH3 is 1. The van der Waals surface area contributed by atoms with Crippen LogP contribution in [-0.2, 0) is 9.59 Å². The molecule has 2 amide bonds. The monoisotopic (exact) mass is 379 g/mol. The lowest BCUT2D eigenvalue weighted by Gasteiger charge is -2.17. The molecule has 2 rings (SSSR count). The maximum Gasteiger partial charge on any atom is 0.238 e. The standard InChI is InChI=1S/C18H19ClFN3O3/c1-23(10-17(24)21-14-5-3-4-13(20)9-14)11-18(25)22-15-8-12(19)6-7-16(15)26-2/h3-9H,10-11H2,1-2H3,(H,21,24)(H,22,25). The molecule has 2 aromatic rings. The molecule has 0 unspecified atom stereocenters. The Bertz CT molecular complexity index is 801. The number of hydrogen-bond acceptors (Lipinski definition) is 4. The number of nitrogens with one attached hydrogen (secondary N) is 2. The fourth-order valence-electron chi connectivity index (χ4n) is 2.28. The first-order valence-electron chi connectivity index (χ1n) is 7.74. The molecular weight excluding hydrogens is 361 g/mol. The number of amides is 2. The quantitative estimate of drug-likeness (QED) is 0.775. The fraction of sp³-hybridized carbons (Fsp3) is 0.222. The van der Waals surface area contributed by atoms with Crippen LogP contribution in [0.1, 0.15) is 0 Å². The number of benzene rings is 2. The van der Waals surface area contributed by atoms with Gasteiger partial charge in [0, 0.05) is 10.7 Å². The Labute approximate surface area is 155 Å². The Morgan fingerprint density at radius 1 is 1.12 bits per heavy atom. The SMILES string of the molecule is COc1ccc(Cl)cc1NC(=O)CN(C)CC(=O)Nc1cccc(F)c1.